The lowest BCUT2D eigenvalue weighted by atomic mass is 10.1. The molecule has 0 radical (unpaired) electrons. The van der Waals surface area contributed by atoms with Gasteiger partial charge in [-0.05, 0) is 12.5 Å². The smallest absolute Gasteiger partial charge is 0.344 e. The number of aromatic nitrogens is 1. The van der Waals surface area contributed by atoms with Gasteiger partial charge in [-0.1, -0.05) is 64.7 Å². The summed E-state index contributed by atoms with van der Waals surface area (Å²) < 4.78 is 7.16. The largest absolute Gasteiger partial charge is 1.00 e. The van der Waals surface area contributed by atoms with Crippen LogP contribution >= 0.6 is 0 Å². The topological polar surface area (TPSA) is 30.2 Å². The second kappa shape index (κ2) is 14.7. The minimum atomic E-state index is -0.216. The summed E-state index contributed by atoms with van der Waals surface area (Å²) in [4.78, 5) is 11.8. The summed E-state index contributed by atoms with van der Waals surface area (Å²) in [7, 11) is 1.90. The molecule has 0 aliphatic carbocycles. The Kier molecular flexibility index (Phi) is 14.1. The Morgan fingerprint density at radius 1 is 1.00 bits per heavy atom. The zero-order valence-corrected chi connectivity index (χ0v) is 16.3. The van der Waals surface area contributed by atoms with Crippen molar-refractivity contribution in [3.8, 4) is 0 Å². The molecule has 0 aliphatic rings. The van der Waals surface area contributed by atoms with Crippen molar-refractivity contribution in [1.29, 1.82) is 0 Å². The van der Waals surface area contributed by atoms with Crippen molar-refractivity contribution >= 4 is 5.97 Å². The van der Waals surface area contributed by atoms with Gasteiger partial charge in [0, 0.05) is 6.07 Å². The number of nitrogens with zero attached hydrogens (tertiary/aromatic N) is 1. The van der Waals surface area contributed by atoms with Gasteiger partial charge >= 0.3 is 5.97 Å². The van der Waals surface area contributed by atoms with Gasteiger partial charge in [-0.2, -0.15) is 0 Å². The van der Waals surface area contributed by atoms with Gasteiger partial charge in [0.25, 0.3) is 0 Å². The van der Waals surface area contributed by atoms with Crippen LogP contribution in [0.4, 0.5) is 0 Å². The molecule has 0 saturated heterocycles. The van der Waals surface area contributed by atoms with Crippen molar-refractivity contribution in [3.05, 3.63) is 30.1 Å². The molecule has 0 unspecified atom stereocenters. The molecular formula is C19H32BrNO2. The van der Waals surface area contributed by atoms with Crippen LogP contribution in [0.25, 0.3) is 0 Å². The molecule has 4 heteroatoms. The molecule has 23 heavy (non-hydrogen) atoms. The van der Waals surface area contributed by atoms with Crippen LogP contribution in [0, 0.1) is 0 Å². The van der Waals surface area contributed by atoms with Gasteiger partial charge in [-0.3, -0.25) is 0 Å². The van der Waals surface area contributed by atoms with Crippen LogP contribution < -0.4 is 21.5 Å². The highest BCUT2D eigenvalue weighted by Gasteiger charge is 2.09. The number of esters is 1. The van der Waals surface area contributed by atoms with Gasteiger partial charge in [0.15, 0.2) is 12.4 Å². The van der Waals surface area contributed by atoms with Gasteiger partial charge in [0.05, 0.1) is 6.61 Å². The fraction of sp³-hybridized carbons (Fsp3) is 0.684. The summed E-state index contributed by atoms with van der Waals surface area (Å²) in [6.07, 6.45) is 16.6. The van der Waals surface area contributed by atoms with E-state index in [-0.39, 0.29) is 23.0 Å². The standard InChI is InChI=1S/C19H32NO2.BrH/c1-3-4-5-6-7-8-9-10-11-12-16-22-19(21)18-14-13-15-20(2)17-18;/h13-15,17H,3-12,16H2,1-2H3;1H/q+1;/p-1. The number of hydrogen-bond acceptors (Lipinski definition) is 2. The quantitative estimate of drug-likeness (QED) is 0.310. The van der Waals surface area contributed by atoms with E-state index < -0.39 is 0 Å². The third kappa shape index (κ3) is 11.3. The third-order valence-electron chi connectivity index (χ3n) is 3.91. The molecule has 0 spiro atoms. The van der Waals surface area contributed by atoms with E-state index in [0.29, 0.717) is 12.2 Å². The van der Waals surface area contributed by atoms with Crippen LogP contribution in [-0.4, -0.2) is 12.6 Å². The molecule has 1 aromatic rings. The zero-order chi connectivity index (χ0) is 16.0. The summed E-state index contributed by atoms with van der Waals surface area (Å²) in [6.45, 7) is 2.79. The summed E-state index contributed by atoms with van der Waals surface area (Å²) in [5.74, 6) is -0.216. The van der Waals surface area contributed by atoms with E-state index in [1.165, 1.54) is 51.4 Å². The number of hydrogen-bond donors (Lipinski definition) is 0. The third-order valence-corrected chi connectivity index (χ3v) is 3.91. The summed E-state index contributed by atoms with van der Waals surface area (Å²) in [5, 5.41) is 0. The molecule has 0 amide bonds. The van der Waals surface area contributed by atoms with E-state index in [1.54, 1.807) is 12.3 Å². The first-order valence-electron chi connectivity index (χ1n) is 8.86. The molecule has 0 bridgehead atoms. The van der Waals surface area contributed by atoms with Gasteiger partial charge in [-0.25, -0.2) is 9.36 Å². The van der Waals surface area contributed by atoms with Crippen LogP contribution in [-0.2, 0) is 11.8 Å². The van der Waals surface area contributed by atoms with Crippen LogP contribution in [0.3, 0.4) is 0 Å². The second-order valence-corrected chi connectivity index (χ2v) is 6.08. The van der Waals surface area contributed by atoms with E-state index in [0.717, 1.165) is 12.8 Å². The number of unbranched alkanes of at least 4 members (excludes halogenated alkanes) is 9. The first kappa shape index (κ1) is 22.1. The SMILES string of the molecule is CCCCCCCCCCCCOC(=O)c1ccc[n+](C)c1.[Br-]. The fourth-order valence-corrected chi connectivity index (χ4v) is 2.55. The number of pyridine rings is 1. The summed E-state index contributed by atoms with van der Waals surface area (Å²) in [6, 6.07) is 3.65. The van der Waals surface area contributed by atoms with Crippen molar-refractivity contribution in [2.24, 2.45) is 7.05 Å². The molecule has 0 fully saturated rings. The molecule has 0 saturated carbocycles. The molecule has 1 aromatic heterocycles. The first-order chi connectivity index (χ1) is 10.7. The van der Waals surface area contributed by atoms with Gasteiger partial charge in [0.1, 0.15) is 12.6 Å². The Morgan fingerprint density at radius 3 is 2.13 bits per heavy atom. The molecule has 132 valence electrons. The molecule has 0 aromatic carbocycles. The maximum absolute atomic E-state index is 11.8. The van der Waals surface area contributed by atoms with Crippen LogP contribution in [0.1, 0.15) is 81.5 Å². The van der Waals surface area contributed by atoms with Crippen molar-refractivity contribution in [1.82, 2.24) is 0 Å². The normalized spacial score (nSPS) is 10.2. The lowest BCUT2D eigenvalue weighted by Gasteiger charge is -2.04. The van der Waals surface area contributed by atoms with Crippen molar-refractivity contribution < 1.29 is 31.1 Å². The van der Waals surface area contributed by atoms with Gasteiger partial charge in [-0.15, -0.1) is 0 Å². The monoisotopic (exact) mass is 385 g/mol. The minimum Gasteiger partial charge on any atom is -1.00 e. The Balaban J connectivity index is 0.00000484. The van der Waals surface area contributed by atoms with E-state index in [4.69, 9.17) is 4.74 Å². The Morgan fingerprint density at radius 2 is 1.57 bits per heavy atom. The Hall–Kier alpha value is -0.900. The van der Waals surface area contributed by atoms with Crippen molar-refractivity contribution in [3.63, 3.8) is 0 Å². The lowest BCUT2D eigenvalue weighted by Crippen LogP contribution is -3.00. The molecule has 0 N–H and O–H groups in total. The predicted molar refractivity (Wildman–Crippen MR) is 89.7 cm³/mol. The Labute approximate surface area is 152 Å². The highest BCUT2D eigenvalue weighted by Crippen LogP contribution is 2.10. The van der Waals surface area contributed by atoms with Gasteiger partial charge in [0.2, 0.25) is 0 Å². The average Bonchev–Trinajstić information content (AvgIpc) is 2.52. The number of carbonyl (C=O) groups excluding carboxylic acids is 1. The number of rotatable bonds is 12. The number of aryl methyl sites for hydroxylation is 1. The van der Waals surface area contributed by atoms with E-state index in [9.17, 15) is 4.79 Å². The number of ether oxygens (including phenoxy) is 1. The van der Waals surface area contributed by atoms with Gasteiger partial charge < -0.3 is 21.7 Å². The summed E-state index contributed by atoms with van der Waals surface area (Å²) >= 11 is 0. The summed E-state index contributed by atoms with van der Waals surface area (Å²) in [5.41, 5.74) is 0.622. The fourth-order valence-electron chi connectivity index (χ4n) is 2.55. The maximum atomic E-state index is 11.8. The van der Waals surface area contributed by atoms with Crippen LogP contribution in [0.5, 0.6) is 0 Å². The molecule has 1 heterocycles. The van der Waals surface area contributed by atoms with E-state index >= 15 is 0 Å². The first-order valence-corrected chi connectivity index (χ1v) is 8.86. The molecule has 1 rings (SSSR count). The van der Waals surface area contributed by atoms with Crippen molar-refractivity contribution in [2.45, 2.75) is 71.1 Å². The molecular weight excluding hydrogens is 354 g/mol. The number of carbonyl (C=O) groups is 1. The number of halogens is 1. The highest BCUT2D eigenvalue weighted by molar-refractivity contribution is 5.88. The average molecular weight is 386 g/mol. The molecule has 3 nitrogen and oxygen atoms in total. The van der Waals surface area contributed by atoms with E-state index in [2.05, 4.69) is 6.92 Å². The predicted octanol–water partition coefficient (Wildman–Crippen LogP) is 1.59. The van der Waals surface area contributed by atoms with Crippen LogP contribution in [0.2, 0.25) is 0 Å². The van der Waals surface area contributed by atoms with E-state index in [1.807, 2.05) is 23.9 Å². The zero-order valence-electron chi connectivity index (χ0n) is 14.7. The van der Waals surface area contributed by atoms with Crippen LogP contribution in [0.15, 0.2) is 24.5 Å². The molecule has 0 aliphatic heterocycles. The second-order valence-electron chi connectivity index (χ2n) is 6.08. The maximum Gasteiger partial charge on any atom is 0.344 e. The van der Waals surface area contributed by atoms with Crippen molar-refractivity contribution in [2.75, 3.05) is 6.61 Å². The minimum absolute atomic E-state index is 0. The lowest BCUT2D eigenvalue weighted by molar-refractivity contribution is -0.671. The molecule has 0 atom stereocenters. The Bertz CT molecular complexity index is 424. The highest BCUT2D eigenvalue weighted by atomic mass is 79.9.